The van der Waals surface area contributed by atoms with Crippen LogP contribution in [0.2, 0.25) is 5.02 Å². The van der Waals surface area contributed by atoms with Crippen LogP contribution < -0.4 is 10.5 Å². The Balaban J connectivity index is 1.95. The second kappa shape index (κ2) is 6.50. The predicted octanol–water partition coefficient (Wildman–Crippen LogP) is 2.36. The van der Waals surface area contributed by atoms with Gasteiger partial charge in [0.15, 0.2) is 0 Å². The van der Waals surface area contributed by atoms with Gasteiger partial charge in [0.25, 0.3) is 10.0 Å². The lowest BCUT2D eigenvalue weighted by molar-refractivity contribution is 0.601. The van der Waals surface area contributed by atoms with Crippen LogP contribution in [0.5, 0.6) is 0 Å². The molecule has 124 valence electrons. The van der Waals surface area contributed by atoms with Gasteiger partial charge in [-0.3, -0.25) is 4.72 Å². The van der Waals surface area contributed by atoms with Crippen LogP contribution in [-0.2, 0) is 16.6 Å². The molecular weight excluding hydrogens is 350 g/mol. The van der Waals surface area contributed by atoms with Crippen molar-refractivity contribution in [1.29, 1.82) is 0 Å². The normalized spacial score (nSPS) is 11.4. The number of hydrogen-bond donors (Lipinski definition) is 2. The second-order valence-corrected chi connectivity index (χ2v) is 7.20. The molecule has 24 heavy (non-hydrogen) atoms. The van der Waals surface area contributed by atoms with Crippen molar-refractivity contribution >= 4 is 33.0 Å². The number of sulfonamides is 1. The van der Waals surface area contributed by atoms with Crippen molar-refractivity contribution in [1.82, 2.24) is 15.0 Å². The van der Waals surface area contributed by atoms with Gasteiger partial charge in [-0.15, -0.1) is 5.10 Å². The number of halogens is 1. The van der Waals surface area contributed by atoms with E-state index in [0.29, 0.717) is 28.5 Å². The molecule has 0 saturated carbocycles. The van der Waals surface area contributed by atoms with Crippen molar-refractivity contribution in [3.05, 3.63) is 65.4 Å². The fraction of sp³-hybridized carbons (Fsp3) is 0.0667. The maximum absolute atomic E-state index is 12.6. The lowest BCUT2D eigenvalue weighted by atomic mass is 10.2. The first-order chi connectivity index (χ1) is 11.4. The summed E-state index contributed by atoms with van der Waals surface area (Å²) in [6.45, 7) is 0.353. The van der Waals surface area contributed by atoms with Crippen LogP contribution >= 0.6 is 11.6 Å². The third-order valence-electron chi connectivity index (χ3n) is 3.29. The zero-order valence-electron chi connectivity index (χ0n) is 12.4. The van der Waals surface area contributed by atoms with Crippen molar-refractivity contribution < 1.29 is 8.42 Å². The van der Waals surface area contributed by atoms with Crippen molar-refractivity contribution in [2.75, 3.05) is 10.5 Å². The van der Waals surface area contributed by atoms with Crippen LogP contribution in [0.25, 0.3) is 0 Å². The van der Waals surface area contributed by atoms with Crippen LogP contribution in [0.4, 0.5) is 11.4 Å². The van der Waals surface area contributed by atoms with Crippen LogP contribution in [0.3, 0.4) is 0 Å². The van der Waals surface area contributed by atoms with Crippen LogP contribution in [-0.4, -0.2) is 23.4 Å². The minimum absolute atomic E-state index is 0.0779. The third-order valence-corrected chi connectivity index (χ3v) is 4.89. The SMILES string of the molecule is Nc1cccc(S(=O)(=O)Nc2cc(Cl)ccc2Cn2ccnn2)c1. The van der Waals surface area contributed by atoms with Gasteiger partial charge < -0.3 is 5.73 Å². The summed E-state index contributed by atoms with van der Waals surface area (Å²) in [6.07, 6.45) is 3.23. The molecule has 0 unspecified atom stereocenters. The number of anilines is 2. The Morgan fingerprint density at radius 2 is 2.04 bits per heavy atom. The summed E-state index contributed by atoms with van der Waals surface area (Å²) >= 11 is 6.01. The van der Waals surface area contributed by atoms with Gasteiger partial charge in [0.2, 0.25) is 0 Å². The summed E-state index contributed by atoms with van der Waals surface area (Å²) < 4.78 is 29.3. The fourth-order valence-corrected chi connectivity index (χ4v) is 3.48. The molecule has 0 aliphatic rings. The lowest BCUT2D eigenvalue weighted by Gasteiger charge is -2.13. The highest BCUT2D eigenvalue weighted by Gasteiger charge is 2.17. The van der Waals surface area contributed by atoms with E-state index >= 15 is 0 Å². The topological polar surface area (TPSA) is 103 Å². The van der Waals surface area contributed by atoms with E-state index in [9.17, 15) is 8.42 Å². The van der Waals surface area contributed by atoms with Crippen LogP contribution in [0.1, 0.15) is 5.56 Å². The molecule has 0 fully saturated rings. The van der Waals surface area contributed by atoms with E-state index in [1.54, 1.807) is 47.4 Å². The van der Waals surface area contributed by atoms with Crippen LogP contribution in [0.15, 0.2) is 59.8 Å². The summed E-state index contributed by atoms with van der Waals surface area (Å²) in [6, 6.07) is 11.0. The number of benzene rings is 2. The first-order valence-electron chi connectivity index (χ1n) is 6.95. The molecule has 9 heteroatoms. The van der Waals surface area contributed by atoms with Gasteiger partial charge in [-0.05, 0) is 35.9 Å². The maximum Gasteiger partial charge on any atom is 0.261 e. The van der Waals surface area contributed by atoms with E-state index in [1.807, 2.05) is 0 Å². The van der Waals surface area contributed by atoms with Crippen LogP contribution in [0, 0.1) is 0 Å². The molecule has 1 heterocycles. The average Bonchev–Trinajstić information content (AvgIpc) is 3.03. The Bertz CT molecular complexity index is 958. The van der Waals surface area contributed by atoms with E-state index in [4.69, 9.17) is 17.3 Å². The zero-order chi connectivity index (χ0) is 17.2. The van der Waals surface area contributed by atoms with E-state index in [0.717, 1.165) is 0 Å². The number of nitrogens with one attached hydrogen (secondary N) is 1. The summed E-state index contributed by atoms with van der Waals surface area (Å²) in [5, 5.41) is 8.03. The van der Waals surface area contributed by atoms with Crippen molar-refractivity contribution in [3.63, 3.8) is 0 Å². The molecule has 7 nitrogen and oxygen atoms in total. The van der Waals surface area contributed by atoms with Crippen molar-refractivity contribution in [3.8, 4) is 0 Å². The van der Waals surface area contributed by atoms with Gasteiger partial charge >= 0.3 is 0 Å². The number of nitrogen functional groups attached to an aromatic ring is 1. The number of rotatable bonds is 5. The van der Waals surface area contributed by atoms with Gasteiger partial charge in [-0.1, -0.05) is 28.9 Å². The Hall–Kier alpha value is -2.58. The fourth-order valence-electron chi connectivity index (χ4n) is 2.16. The molecule has 0 aliphatic heterocycles. The molecule has 0 bridgehead atoms. The quantitative estimate of drug-likeness (QED) is 0.677. The Labute approximate surface area is 144 Å². The highest BCUT2D eigenvalue weighted by atomic mass is 35.5. The van der Waals surface area contributed by atoms with Gasteiger partial charge in [-0.25, -0.2) is 13.1 Å². The predicted molar refractivity (Wildman–Crippen MR) is 92.2 cm³/mol. The number of hydrogen-bond acceptors (Lipinski definition) is 5. The monoisotopic (exact) mass is 363 g/mol. The summed E-state index contributed by atoms with van der Waals surface area (Å²) in [5.74, 6) is 0. The van der Waals surface area contributed by atoms with Crippen molar-refractivity contribution in [2.24, 2.45) is 0 Å². The Morgan fingerprint density at radius 1 is 1.21 bits per heavy atom. The Kier molecular flexibility index (Phi) is 4.41. The minimum Gasteiger partial charge on any atom is -0.399 e. The Morgan fingerprint density at radius 3 is 2.75 bits per heavy atom. The second-order valence-electron chi connectivity index (χ2n) is 5.08. The molecule has 3 aromatic rings. The molecule has 0 saturated heterocycles. The van der Waals surface area contributed by atoms with Gasteiger partial charge in [-0.2, -0.15) is 0 Å². The number of nitrogens with two attached hydrogens (primary N) is 1. The molecule has 0 spiro atoms. The lowest BCUT2D eigenvalue weighted by Crippen LogP contribution is -2.15. The molecule has 0 atom stereocenters. The maximum atomic E-state index is 12.6. The highest BCUT2D eigenvalue weighted by Crippen LogP contribution is 2.25. The van der Waals surface area contributed by atoms with E-state index < -0.39 is 10.0 Å². The summed E-state index contributed by atoms with van der Waals surface area (Å²) in [5.41, 5.74) is 7.11. The molecule has 3 N–H and O–H groups in total. The molecule has 0 amide bonds. The molecule has 1 aromatic heterocycles. The van der Waals surface area contributed by atoms with Gasteiger partial charge in [0, 0.05) is 16.9 Å². The third kappa shape index (κ3) is 3.66. The largest absolute Gasteiger partial charge is 0.399 e. The summed E-state index contributed by atoms with van der Waals surface area (Å²) in [7, 11) is -3.79. The molecule has 0 radical (unpaired) electrons. The first-order valence-corrected chi connectivity index (χ1v) is 8.81. The average molecular weight is 364 g/mol. The number of aromatic nitrogens is 3. The van der Waals surface area contributed by atoms with E-state index in [1.165, 1.54) is 12.1 Å². The van der Waals surface area contributed by atoms with Gasteiger partial charge in [0.1, 0.15) is 0 Å². The van der Waals surface area contributed by atoms with Crippen molar-refractivity contribution in [2.45, 2.75) is 11.4 Å². The molecule has 0 aliphatic carbocycles. The first kappa shape index (κ1) is 16.3. The summed E-state index contributed by atoms with van der Waals surface area (Å²) in [4.78, 5) is 0.0779. The zero-order valence-corrected chi connectivity index (χ0v) is 14.0. The molecule has 3 rings (SSSR count). The van der Waals surface area contributed by atoms with E-state index in [-0.39, 0.29) is 4.90 Å². The number of nitrogens with zero attached hydrogens (tertiary/aromatic N) is 3. The standard InChI is InChI=1S/C15H14ClN5O2S/c16-12-5-4-11(10-21-7-6-18-20-21)15(8-12)19-24(22,23)14-3-1-2-13(17)9-14/h1-9,19H,10,17H2. The highest BCUT2D eigenvalue weighted by molar-refractivity contribution is 7.92. The van der Waals surface area contributed by atoms with E-state index in [2.05, 4.69) is 15.0 Å². The minimum atomic E-state index is -3.79. The smallest absolute Gasteiger partial charge is 0.261 e. The van der Waals surface area contributed by atoms with Gasteiger partial charge in [0.05, 0.1) is 23.3 Å². The molecule has 2 aromatic carbocycles. The molecular formula is C15H14ClN5O2S.